The van der Waals surface area contributed by atoms with E-state index in [1.54, 1.807) is 4.68 Å². The zero-order valence-electron chi connectivity index (χ0n) is 16.8. The highest BCUT2D eigenvalue weighted by atomic mass is 35.5. The molecule has 0 aliphatic carbocycles. The van der Waals surface area contributed by atoms with E-state index in [9.17, 15) is 0 Å². The third-order valence-electron chi connectivity index (χ3n) is 5.18. The van der Waals surface area contributed by atoms with E-state index in [0.29, 0.717) is 6.54 Å². The summed E-state index contributed by atoms with van der Waals surface area (Å²) < 4.78 is 1.80. The maximum atomic E-state index is 6.30. The zero-order chi connectivity index (χ0) is 19.5. The lowest BCUT2D eigenvalue weighted by Gasteiger charge is -2.34. The second-order valence-corrected chi connectivity index (χ2v) is 7.56. The van der Waals surface area contributed by atoms with Crippen LogP contribution in [0.2, 0.25) is 5.02 Å². The molecule has 1 fully saturated rings. The van der Waals surface area contributed by atoms with Crippen molar-refractivity contribution in [3.05, 3.63) is 41.0 Å². The van der Waals surface area contributed by atoms with E-state index in [1.807, 2.05) is 37.5 Å². The SMILES string of the molecule is CCCN1CCN(c2nc(NCc3ccccc3Cl)c3cnn(C)c3n2)CC1.Cl. The topological polar surface area (TPSA) is 62.1 Å². The fraction of sp³-hybridized carbons (Fsp3) is 0.450. The molecule has 1 N–H and O–H groups in total. The first-order valence-electron chi connectivity index (χ1n) is 9.80. The van der Waals surface area contributed by atoms with Crippen LogP contribution in [0.1, 0.15) is 18.9 Å². The molecule has 0 saturated carbocycles. The molecule has 3 heterocycles. The van der Waals surface area contributed by atoms with Gasteiger partial charge in [0.05, 0.1) is 11.6 Å². The third-order valence-corrected chi connectivity index (χ3v) is 5.55. The molecule has 0 amide bonds. The number of hydrogen-bond acceptors (Lipinski definition) is 6. The van der Waals surface area contributed by atoms with Gasteiger partial charge < -0.3 is 10.2 Å². The molecule has 0 unspecified atom stereocenters. The minimum atomic E-state index is 0. The Labute approximate surface area is 182 Å². The molecule has 3 aromatic rings. The molecule has 1 aliphatic rings. The number of nitrogens with one attached hydrogen (secondary N) is 1. The van der Waals surface area contributed by atoms with E-state index < -0.39 is 0 Å². The number of hydrogen-bond donors (Lipinski definition) is 1. The van der Waals surface area contributed by atoms with Gasteiger partial charge in [-0.15, -0.1) is 12.4 Å². The summed E-state index contributed by atoms with van der Waals surface area (Å²) in [5, 5.41) is 9.48. The second kappa shape index (κ2) is 9.61. The highest BCUT2D eigenvalue weighted by Gasteiger charge is 2.21. The van der Waals surface area contributed by atoms with Crippen molar-refractivity contribution in [3.63, 3.8) is 0 Å². The molecule has 2 aromatic heterocycles. The van der Waals surface area contributed by atoms with Gasteiger partial charge in [-0.25, -0.2) is 0 Å². The van der Waals surface area contributed by atoms with Gasteiger partial charge in [0.2, 0.25) is 5.95 Å². The molecule has 0 bridgehead atoms. The van der Waals surface area contributed by atoms with Gasteiger partial charge in [-0.2, -0.15) is 15.1 Å². The first kappa shape index (κ1) is 21.6. The number of rotatable bonds is 6. The van der Waals surface area contributed by atoms with Gasteiger partial charge in [0.15, 0.2) is 5.65 Å². The van der Waals surface area contributed by atoms with Crippen LogP contribution in [0.3, 0.4) is 0 Å². The molecule has 156 valence electrons. The predicted octanol–water partition coefficient (Wildman–Crippen LogP) is 3.58. The molecule has 1 saturated heterocycles. The molecule has 1 aliphatic heterocycles. The largest absolute Gasteiger partial charge is 0.365 e. The van der Waals surface area contributed by atoms with Gasteiger partial charge in [0.1, 0.15) is 5.82 Å². The Hall–Kier alpha value is -2.09. The molecule has 7 nitrogen and oxygen atoms in total. The van der Waals surface area contributed by atoms with Crippen LogP contribution in [-0.4, -0.2) is 57.4 Å². The van der Waals surface area contributed by atoms with Crippen LogP contribution in [0.25, 0.3) is 11.0 Å². The number of fused-ring (bicyclic) bond motifs is 1. The first-order valence-corrected chi connectivity index (χ1v) is 10.2. The fourth-order valence-corrected chi connectivity index (χ4v) is 3.80. The second-order valence-electron chi connectivity index (χ2n) is 7.15. The summed E-state index contributed by atoms with van der Waals surface area (Å²) in [5.74, 6) is 1.55. The third kappa shape index (κ3) is 4.74. The highest BCUT2D eigenvalue weighted by Crippen LogP contribution is 2.25. The van der Waals surface area contributed by atoms with E-state index in [1.165, 1.54) is 6.42 Å². The zero-order valence-corrected chi connectivity index (χ0v) is 18.4. The minimum Gasteiger partial charge on any atom is -0.365 e. The van der Waals surface area contributed by atoms with E-state index in [2.05, 4.69) is 27.1 Å². The van der Waals surface area contributed by atoms with Crippen molar-refractivity contribution in [2.24, 2.45) is 7.05 Å². The number of piperazine rings is 1. The average molecular weight is 436 g/mol. The molecular weight excluding hydrogens is 409 g/mol. The number of benzene rings is 1. The first-order chi connectivity index (χ1) is 13.7. The van der Waals surface area contributed by atoms with Crippen LogP contribution in [0.4, 0.5) is 11.8 Å². The van der Waals surface area contributed by atoms with E-state index in [-0.39, 0.29) is 12.4 Å². The maximum absolute atomic E-state index is 6.30. The Kier molecular flexibility index (Phi) is 7.16. The minimum absolute atomic E-state index is 0. The number of anilines is 2. The summed E-state index contributed by atoms with van der Waals surface area (Å²) in [4.78, 5) is 14.4. The number of aromatic nitrogens is 4. The van der Waals surface area contributed by atoms with E-state index in [4.69, 9.17) is 21.6 Å². The lowest BCUT2D eigenvalue weighted by molar-refractivity contribution is 0.257. The predicted molar refractivity (Wildman–Crippen MR) is 121 cm³/mol. The van der Waals surface area contributed by atoms with Gasteiger partial charge in [0.25, 0.3) is 0 Å². The number of halogens is 2. The van der Waals surface area contributed by atoms with Crippen LogP contribution in [0, 0.1) is 0 Å². The summed E-state index contributed by atoms with van der Waals surface area (Å²) in [7, 11) is 1.91. The quantitative estimate of drug-likeness (QED) is 0.638. The summed E-state index contributed by atoms with van der Waals surface area (Å²) >= 11 is 6.30. The van der Waals surface area contributed by atoms with E-state index in [0.717, 1.165) is 66.1 Å². The van der Waals surface area contributed by atoms with Gasteiger partial charge in [-0.05, 0) is 24.6 Å². The molecule has 4 rings (SSSR count). The van der Waals surface area contributed by atoms with Crippen molar-refractivity contribution in [1.29, 1.82) is 0 Å². The van der Waals surface area contributed by atoms with Crippen molar-refractivity contribution in [3.8, 4) is 0 Å². The van der Waals surface area contributed by atoms with Crippen molar-refractivity contribution in [2.45, 2.75) is 19.9 Å². The lowest BCUT2D eigenvalue weighted by atomic mass is 10.2. The van der Waals surface area contributed by atoms with Gasteiger partial charge in [-0.3, -0.25) is 9.58 Å². The average Bonchev–Trinajstić information content (AvgIpc) is 3.09. The molecule has 0 radical (unpaired) electrons. The van der Waals surface area contributed by atoms with Gasteiger partial charge in [0, 0.05) is 44.8 Å². The summed E-state index contributed by atoms with van der Waals surface area (Å²) in [6.45, 7) is 7.94. The summed E-state index contributed by atoms with van der Waals surface area (Å²) in [6, 6.07) is 7.85. The van der Waals surface area contributed by atoms with Crippen molar-refractivity contribution >= 4 is 46.8 Å². The van der Waals surface area contributed by atoms with Crippen molar-refractivity contribution in [2.75, 3.05) is 42.9 Å². The Balaban J connectivity index is 0.00000240. The smallest absolute Gasteiger partial charge is 0.229 e. The Morgan fingerprint density at radius 3 is 2.59 bits per heavy atom. The lowest BCUT2D eigenvalue weighted by Crippen LogP contribution is -2.47. The molecule has 0 spiro atoms. The van der Waals surface area contributed by atoms with Gasteiger partial charge in [-0.1, -0.05) is 36.7 Å². The molecular formula is C20H27Cl2N7. The normalized spacial score (nSPS) is 14.8. The fourth-order valence-electron chi connectivity index (χ4n) is 3.60. The Bertz CT molecular complexity index is 951. The molecule has 0 atom stereocenters. The molecule has 1 aromatic carbocycles. The van der Waals surface area contributed by atoms with Crippen molar-refractivity contribution < 1.29 is 0 Å². The van der Waals surface area contributed by atoms with Crippen LogP contribution in [0.15, 0.2) is 30.5 Å². The molecule has 9 heteroatoms. The highest BCUT2D eigenvalue weighted by molar-refractivity contribution is 6.31. The van der Waals surface area contributed by atoms with E-state index >= 15 is 0 Å². The number of aryl methyl sites for hydroxylation is 1. The van der Waals surface area contributed by atoms with Crippen LogP contribution < -0.4 is 10.2 Å². The Morgan fingerprint density at radius 1 is 1.10 bits per heavy atom. The maximum Gasteiger partial charge on any atom is 0.229 e. The van der Waals surface area contributed by atoms with Crippen LogP contribution >= 0.6 is 24.0 Å². The standard InChI is InChI=1S/C20H26ClN7.ClH/c1-3-8-27-9-11-28(12-10-27)20-24-18(16-14-23-26(2)19(16)25-20)22-13-15-6-4-5-7-17(15)21;/h4-7,14H,3,8-13H2,1-2H3,(H,22,24,25);1H. The summed E-state index contributed by atoms with van der Waals surface area (Å²) in [5.41, 5.74) is 1.87. The van der Waals surface area contributed by atoms with Crippen molar-refractivity contribution in [1.82, 2.24) is 24.6 Å². The van der Waals surface area contributed by atoms with Gasteiger partial charge >= 0.3 is 0 Å². The number of nitrogens with zero attached hydrogens (tertiary/aromatic N) is 6. The van der Waals surface area contributed by atoms with Crippen LogP contribution in [-0.2, 0) is 13.6 Å². The monoisotopic (exact) mass is 435 g/mol. The Morgan fingerprint density at radius 2 is 1.86 bits per heavy atom. The van der Waals surface area contributed by atoms with Crippen LogP contribution in [0.5, 0.6) is 0 Å². The molecule has 29 heavy (non-hydrogen) atoms. The summed E-state index contributed by atoms with van der Waals surface area (Å²) in [6.07, 6.45) is 3.00.